The molecule has 0 atom stereocenters. The predicted molar refractivity (Wildman–Crippen MR) is 53.7 cm³/mol. The van der Waals surface area contributed by atoms with Gasteiger partial charge in [0, 0.05) is 25.9 Å². The van der Waals surface area contributed by atoms with Crippen molar-refractivity contribution in [3.63, 3.8) is 0 Å². The Morgan fingerprint density at radius 2 is 1.14 bits per heavy atom. The van der Waals surface area contributed by atoms with Gasteiger partial charge in [0.1, 0.15) is 0 Å². The van der Waals surface area contributed by atoms with Crippen LogP contribution in [0.15, 0.2) is 0 Å². The number of amides is 2. The Labute approximate surface area is 84.4 Å². The van der Waals surface area contributed by atoms with Crippen LogP contribution in [0.5, 0.6) is 0 Å². The Morgan fingerprint density at radius 3 is 1.36 bits per heavy atom. The van der Waals surface area contributed by atoms with Crippen LogP contribution in [0, 0.1) is 0 Å². The van der Waals surface area contributed by atoms with Gasteiger partial charge in [0.05, 0.1) is 0 Å². The summed E-state index contributed by atoms with van der Waals surface area (Å²) in [6.45, 7) is 3.08. The summed E-state index contributed by atoms with van der Waals surface area (Å²) < 4.78 is 0. The summed E-state index contributed by atoms with van der Waals surface area (Å²) in [5.74, 6) is 0.0703. The van der Waals surface area contributed by atoms with Gasteiger partial charge in [0.15, 0.2) is 0 Å². The molecule has 0 unspecified atom stereocenters. The summed E-state index contributed by atoms with van der Waals surface area (Å²) in [7, 11) is 0. The molecule has 4 heteroatoms. The first-order chi connectivity index (χ1) is 6.58. The molecule has 0 aromatic carbocycles. The highest BCUT2D eigenvalue weighted by molar-refractivity contribution is 5.73. The number of carbonyl (C=O) groups excluding carboxylic acids is 2. The molecule has 1 fully saturated rings. The molecule has 0 saturated heterocycles. The van der Waals surface area contributed by atoms with E-state index in [9.17, 15) is 9.59 Å². The Bertz CT molecular complexity index is 196. The number of rotatable bonds is 2. The second-order valence-corrected chi connectivity index (χ2v) is 3.95. The lowest BCUT2D eigenvalue weighted by Crippen LogP contribution is -2.42. The summed E-state index contributed by atoms with van der Waals surface area (Å²) >= 11 is 0. The SMILES string of the molecule is CC(=O)N[C@H]1CC[C@H](NC(C)=O)CC1. The average Bonchev–Trinajstić information content (AvgIpc) is 2.06. The van der Waals surface area contributed by atoms with Crippen molar-refractivity contribution in [1.29, 1.82) is 0 Å². The van der Waals surface area contributed by atoms with Crippen LogP contribution in [0.25, 0.3) is 0 Å². The summed E-state index contributed by atoms with van der Waals surface area (Å²) in [4.78, 5) is 21.6. The minimum Gasteiger partial charge on any atom is -0.354 e. The molecule has 0 bridgehead atoms. The first-order valence-electron chi connectivity index (χ1n) is 5.12. The van der Waals surface area contributed by atoms with Crippen LogP contribution in [0.1, 0.15) is 39.5 Å². The van der Waals surface area contributed by atoms with Crippen molar-refractivity contribution in [3.8, 4) is 0 Å². The lowest BCUT2D eigenvalue weighted by atomic mass is 9.91. The van der Waals surface area contributed by atoms with Gasteiger partial charge in [0.25, 0.3) is 0 Å². The largest absolute Gasteiger partial charge is 0.354 e. The van der Waals surface area contributed by atoms with Gasteiger partial charge in [-0.1, -0.05) is 0 Å². The number of nitrogens with one attached hydrogen (secondary N) is 2. The van der Waals surface area contributed by atoms with Crippen LogP contribution in [-0.4, -0.2) is 23.9 Å². The molecule has 0 aromatic heterocycles. The van der Waals surface area contributed by atoms with Crippen molar-refractivity contribution in [1.82, 2.24) is 10.6 Å². The van der Waals surface area contributed by atoms with E-state index in [4.69, 9.17) is 0 Å². The van der Waals surface area contributed by atoms with E-state index in [0.717, 1.165) is 25.7 Å². The third kappa shape index (κ3) is 3.77. The van der Waals surface area contributed by atoms with Crippen molar-refractivity contribution in [2.45, 2.75) is 51.6 Å². The highest BCUT2D eigenvalue weighted by Gasteiger charge is 2.21. The molecule has 1 saturated carbocycles. The molecule has 1 aliphatic rings. The Balaban J connectivity index is 2.24. The Morgan fingerprint density at radius 1 is 0.857 bits per heavy atom. The van der Waals surface area contributed by atoms with Gasteiger partial charge < -0.3 is 10.6 Å². The predicted octanol–water partition coefficient (Wildman–Crippen LogP) is 0.570. The third-order valence-corrected chi connectivity index (χ3v) is 2.54. The van der Waals surface area contributed by atoms with Crippen LogP contribution >= 0.6 is 0 Å². The molecular weight excluding hydrogens is 180 g/mol. The standard InChI is InChI=1S/C10H18N2O2/c1-7(13)11-9-3-5-10(6-4-9)12-8(2)14/h9-10H,3-6H2,1-2H3,(H,11,13)(H,12,14)/t9-,10-. The maximum Gasteiger partial charge on any atom is 0.217 e. The van der Waals surface area contributed by atoms with Gasteiger partial charge in [-0.15, -0.1) is 0 Å². The fourth-order valence-corrected chi connectivity index (χ4v) is 1.96. The average molecular weight is 198 g/mol. The first kappa shape index (κ1) is 11.0. The fourth-order valence-electron chi connectivity index (χ4n) is 1.96. The minimum absolute atomic E-state index is 0.0352. The molecule has 14 heavy (non-hydrogen) atoms. The number of hydrogen-bond donors (Lipinski definition) is 2. The van der Waals surface area contributed by atoms with Crippen molar-refractivity contribution >= 4 is 11.8 Å². The summed E-state index contributed by atoms with van der Waals surface area (Å²) in [6.07, 6.45) is 3.85. The molecule has 0 aromatic rings. The molecule has 0 aliphatic heterocycles. The van der Waals surface area contributed by atoms with E-state index in [0.29, 0.717) is 12.1 Å². The second-order valence-electron chi connectivity index (χ2n) is 3.95. The molecule has 0 radical (unpaired) electrons. The Kier molecular flexibility index (Phi) is 3.92. The van der Waals surface area contributed by atoms with Crippen molar-refractivity contribution in [2.75, 3.05) is 0 Å². The van der Waals surface area contributed by atoms with Crippen molar-refractivity contribution < 1.29 is 9.59 Å². The van der Waals surface area contributed by atoms with E-state index >= 15 is 0 Å². The number of carbonyl (C=O) groups is 2. The van der Waals surface area contributed by atoms with Crippen molar-refractivity contribution in [2.24, 2.45) is 0 Å². The van der Waals surface area contributed by atoms with Gasteiger partial charge in [-0.3, -0.25) is 9.59 Å². The highest BCUT2D eigenvalue weighted by atomic mass is 16.2. The molecule has 2 amide bonds. The molecular formula is C10H18N2O2. The van der Waals surface area contributed by atoms with Gasteiger partial charge in [-0.05, 0) is 25.7 Å². The van der Waals surface area contributed by atoms with Crippen LogP contribution < -0.4 is 10.6 Å². The fraction of sp³-hybridized carbons (Fsp3) is 0.800. The van der Waals surface area contributed by atoms with Gasteiger partial charge in [-0.25, -0.2) is 0 Å². The Hall–Kier alpha value is -1.06. The molecule has 1 aliphatic carbocycles. The quantitative estimate of drug-likeness (QED) is 0.681. The zero-order valence-electron chi connectivity index (χ0n) is 8.80. The maximum atomic E-state index is 10.8. The second kappa shape index (κ2) is 4.98. The highest BCUT2D eigenvalue weighted by Crippen LogP contribution is 2.18. The van der Waals surface area contributed by atoms with Gasteiger partial charge in [0.2, 0.25) is 11.8 Å². The van der Waals surface area contributed by atoms with E-state index < -0.39 is 0 Å². The minimum atomic E-state index is 0.0352. The normalized spacial score (nSPS) is 26.7. The molecule has 2 N–H and O–H groups in total. The van der Waals surface area contributed by atoms with Crippen molar-refractivity contribution in [3.05, 3.63) is 0 Å². The molecule has 0 heterocycles. The smallest absolute Gasteiger partial charge is 0.217 e. The van der Waals surface area contributed by atoms with E-state index in [1.165, 1.54) is 0 Å². The monoisotopic (exact) mass is 198 g/mol. The molecule has 1 rings (SSSR count). The van der Waals surface area contributed by atoms with E-state index in [1.807, 2.05) is 0 Å². The zero-order valence-corrected chi connectivity index (χ0v) is 8.80. The molecule has 80 valence electrons. The van der Waals surface area contributed by atoms with E-state index in [1.54, 1.807) is 13.8 Å². The summed E-state index contributed by atoms with van der Waals surface area (Å²) in [5.41, 5.74) is 0. The van der Waals surface area contributed by atoms with Gasteiger partial charge >= 0.3 is 0 Å². The van der Waals surface area contributed by atoms with E-state index in [-0.39, 0.29) is 11.8 Å². The van der Waals surface area contributed by atoms with Crippen LogP contribution in [0.2, 0.25) is 0 Å². The lowest BCUT2D eigenvalue weighted by molar-refractivity contribution is -0.121. The molecule has 0 spiro atoms. The van der Waals surface area contributed by atoms with Gasteiger partial charge in [-0.2, -0.15) is 0 Å². The van der Waals surface area contributed by atoms with Crippen LogP contribution in [-0.2, 0) is 9.59 Å². The maximum absolute atomic E-state index is 10.8. The topological polar surface area (TPSA) is 58.2 Å². The van der Waals surface area contributed by atoms with Crippen LogP contribution in [0.3, 0.4) is 0 Å². The zero-order chi connectivity index (χ0) is 10.6. The van der Waals surface area contributed by atoms with E-state index in [2.05, 4.69) is 10.6 Å². The number of hydrogen-bond acceptors (Lipinski definition) is 2. The summed E-state index contributed by atoms with van der Waals surface area (Å²) in [6, 6.07) is 0.606. The first-order valence-corrected chi connectivity index (χ1v) is 5.12. The van der Waals surface area contributed by atoms with Crippen LogP contribution in [0.4, 0.5) is 0 Å². The molecule has 4 nitrogen and oxygen atoms in total. The summed E-state index contributed by atoms with van der Waals surface area (Å²) in [5, 5.41) is 5.81. The lowest BCUT2D eigenvalue weighted by Gasteiger charge is -2.29. The third-order valence-electron chi connectivity index (χ3n) is 2.54.